The van der Waals surface area contributed by atoms with Crippen molar-refractivity contribution in [2.45, 2.75) is 276 Å². The second-order valence-corrected chi connectivity index (χ2v) is 16.2. The Balaban J connectivity index is 3.48. The van der Waals surface area contributed by atoms with Crippen LogP contribution in [0.4, 0.5) is 0 Å². The number of hydrogen-bond acceptors (Lipinski definition) is 3. The number of unbranched alkanes of at least 4 members (excludes halogenated alkanes) is 34. The molecule has 0 heterocycles. The lowest BCUT2D eigenvalue weighted by Gasteiger charge is -2.22. The molecule has 2 unspecified atom stereocenters. The van der Waals surface area contributed by atoms with Gasteiger partial charge in [0.2, 0.25) is 5.91 Å². The summed E-state index contributed by atoms with van der Waals surface area (Å²) < 4.78 is 0. The Morgan fingerprint density at radius 2 is 0.745 bits per heavy atom. The number of carbonyl (C=O) groups is 1. The van der Waals surface area contributed by atoms with Gasteiger partial charge in [0.05, 0.1) is 18.8 Å². The lowest BCUT2D eigenvalue weighted by atomic mass is 10.0. The van der Waals surface area contributed by atoms with Crippen molar-refractivity contribution in [3.63, 3.8) is 0 Å². The van der Waals surface area contributed by atoms with Gasteiger partial charge in [-0.15, -0.1) is 0 Å². The van der Waals surface area contributed by atoms with Gasteiger partial charge in [0, 0.05) is 6.42 Å². The van der Waals surface area contributed by atoms with Crippen LogP contribution in [-0.4, -0.2) is 34.9 Å². The van der Waals surface area contributed by atoms with Gasteiger partial charge < -0.3 is 15.5 Å². The fourth-order valence-electron chi connectivity index (χ4n) is 7.42. The van der Waals surface area contributed by atoms with Crippen LogP contribution in [0.1, 0.15) is 264 Å². The van der Waals surface area contributed by atoms with Crippen LogP contribution in [0.15, 0.2) is 12.2 Å². The summed E-state index contributed by atoms with van der Waals surface area (Å²) in [5.41, 5.74) is 0. The van der Waals surface area contributed by atoms with Crippen molar-refractivity contribution in [3.8, 4) is 0 Å². The number of carbonyl (C=O) groups excluding carboxylic acids is 1. The fourth-order valence-corrected chi connectivity index (χ4v) is 7.42. The predicted octanol–water partition coefficient (Wildman–Crippen LogP) is 14.6. The first-order valence-corrected chi connectivity index (χ1v) is 23.4. The number of rotatable bonds is 43. The van der Waals surface area contributed by atoms with Gasteiger partial charge in [-0.1, -0.05) is 231 Å². The molecule has 0 radical (unpaired) electrons. The Labute approximate surface area is 320 Å². The molecule has 0 rings (SSSR count). The van der Waals surface area contributed by atoms with E-state index in [2.05, 4.69) is 31.3 Å². The summed E-state index contributed by atoms with van der Waals surface area (Å²) in [6.07, 6.45) is 54.4. The molecule has 4 heteroatoms. The molecule has 0 spiro atoms. The highest BCUT2D eigenvalue weighted by atomic mass is 16.3. The first kappa shape index (κ1) is 50.1. The minimum Gasteiger partial charge on any atom is -0.394 e. The van der Waals surface area contributed by atoms with E-state index in [1.807, 2.05) is 0 Å². The van der Waals surface area contributed by atoms with Crippen molar-refractivity contribution in [3.05, 3.63) is 12.2 Å². The zero-order chi connectivity index (χ0) is 37.1. The number of hydrogen-bond donors (Lipinski definition) is 3. The van der Waals surface area contributed by atoms with Crippen LogP contribution in [0.2, 0.25) is 0 Å². The zero-order valence-electron chi connectivity index (χ0n) is 34.9. The zero-order valence-corrected chi connectivity index (χ0v) is 34.9. The monoisotopic (exact) mass is 720 g/mol. The van der Waals surface area contributed by atoms with E-state index in [4.69, 9.17) is 0 Å². The second-order valence-electron chi connectivity index (χ2n) is 16.2. The van der Waals surface area contributed by atoms with E-state index in [0.29, 0.717) is 12.8 Å². The first-order valence-electron chi connectivity index (χ1n) is 23.4. The summed E-state index contributed by atoms with van der Waals surface area (Å²) in [5.74, 6) is -0.0322. The minimum atomic E-state index is -0.658. The molecule has 0 saturated heterocycles. The van der Waals surface area contributed by atoms with Gasteiger partial charge in [0.15, 0.2) is 0 Å². The van der Waals surface area contributed by atoms with E-state index in [1.54, 1.807) is 0 Å². The van der Waals surface area contributed by atoms with Crippen molar-refractivity contribution >= 4 is 5.91 Å². The van der Waals surface area contributed by atoms with E-state index < -0.39 is 12.1 Å². The summed E-state index contributed by atoms with van der Waals surface area (Å²) in [7, 11) is 0. The maximum Gasteiger partial charge on any atom is 0.220 e. The van der Waals surface area contributed by atoms with E-state index in [0.717, 1.165) is 25.7 Å². The molecule has 3 N–H and O–H groups in total. The number of aliphatic hydroxyl groups is 2. The van der Waals surface area contributed by atoms with Gasteiger partial charge in [-0.05, 0) is 38.5 Å². The van der Waals surface area contributed by atoms with Gasteiger partial charge >= 0.3 is 0 Å². The summed E-state index contributed by atoms with van der Waals surface area (Å²) in [5, 5.41) is 23.2. The molecule has 0 aliphatic rings. The lowest BCUT2D eigenvalue weighted by Crippen LogP contribution is -2.45. The highest BCUT2D eigenvalue weighted by Gasteiger charge is 2.20. The molecule has 0 bridgehead atoms. The van der Waals surface area contributed by atoms with E-state index in [9.17, 15) is 15.0 Å². The molecular formula is C47H93NO3. The average Bonchev–Trinajstić information content (AvgIpc) is 3.13. The molecule has 51 heavy (non-hydrogen) atoms. The van der Waals surface area contributed by atoms with Gasteiger partial charge in [-0.3, -0.25) is 4.79 Å². The summed E-state index contributed by atoms with van der Waals surface area (Å²) in [6.45, 7) is 4.38. The third kappa shape index (κ3) is 40.2. The molecule has 4 nitrogen and oxygen atoms in total. The summed E-state index contributed by atoms with van der Waals surface area (Å²) >= 11 is 0. The standard InChI is InChI=1S/C47H93NO3/c1-3-5-7-9-11-13-15-17-19-21-23-24-25-26-28-30-32-34-36-38-40-42-46(50)45(44-49)48-47(51)43-41-39-37-35-33-31-29-27-22-20-18-16-14-12-10-8-6-4-2/h20,22,45-46,49-50H,3-19,21,23-44H2,1-2H3,(H,48,51)/b22-20-. The van der Waals surface area contributed by atoms with Crippen LogP contribution in [-0.2, 0) is 4.79 Å². The highest BCUT2D eigenvalue weighted by molar-refractivity contribution is 5.76. The Kier molecular flexibility index (Phi) is 42.8. The molecule has 0 fully saturated rings. The molecule has 0 aromatic heterocycles. The fraction of sp³-hybridized carbons (Fsp3) is 0.936. The minimum absolute atomic E-state index is 0.0322. The third-order valence-corrected chi connectivity index (χ3v) is 11.0. The molecule has 0 aromatic rings. The van der Waals surface area contributed by atoms with Gasteiger partial charge in [-0.25, -0.2) is 0 Å². The van der Waals surface area contributed by atoms with Crippen LogP contribution in [0, 0.1) is 0 Å². The molecule has 2 atom stereocenters. The van der Waals surface area contributed by atoms with Crippen LogP contribution in [0.3, 0.4) is 0 Å². The van der Waals surface area contributed by atoms with Gasteiger partial charge in [-0.2, -0.15) is 0 Å². The Bertz CT molecular complexity index is 695. The maximum absolute atomic E-state index is 12.4. The Morgan fingerprint density at radius 3 is 1.08 bits per heavy atom. The van der Waals surface area contributed by atoms with Crippen LogP contribution < -0.4 is 5.32 Å². The molecular weight excluding hydrogens is 627 g/mol. The largest absolute Gasteiger partial charge is 0.394 e. The number of amides is 1. The topological polar surface area (TPSA) is 69.6 Å². The normalized spacial score (nSPS) is 12.9. The SMILES string of the molecule is CCCCCCCCC/C=C\CCCCCCCCCC(=O)NC(CO)C(O)CCCCCCCCCCCCCCCCCCCCCCC. The van der Waals surface area contributed by atoms with Crippen molar-refractivity contribution < 1.29 is 15.0 Å². The molecule has 0 saturated carbocycles. The van der Waals surface area contributed by atoms with Crippen molar-refractivity contribution in [2.24, 2.45) is 0 Å². The Morgan fingerprint density at radius 1 is 0.451 bits per heavy atom. The molecule has 304 valence electrons. The van der Waals surface area contributed by atoms with Crippen molar-refractivity contribution in [1.82, 2.24) is 5.32 Å². The molecule has 0 aliphatic heterocycles. The summed E-state index contributed by atoms with van der Waals surface area (Å²) in [6, 6.07) is -0.535. The van der Waals surface area contributed by atoms with Crippen LogP contribution >= 0.6 is 0 Å². The van der Waals surface area contributed by atoms with Gasteiger partial charge in [0.1, 0.15) is 0 Å². The number of nitrogens with one attached hydrogen (secondary N) is 1. The molecule has 0 aliphatic carbocycles. The first-order chi connectivity index (χ1) is 25.2. The van der Waals surface area contributed by atoms with E-state index in [-0.39, 0.29) is 12.5 Å². The van der Waals surface area contributed by atoms with Crippen molar-refractivity contribution in [2.75, 3.05) is 6.61 Å². The van der Waals surface area contributed by atoms with E-state index >= 15 is 0 Å². The average molecular weight is 720 g/mol. The van der Waals surface area contributed by atoms with E-state index in [1.165, 1.54) is 212 Å². The molecule has 0 aromatic carbocycles. The summed E-state index contributed by atoms with van der Waals surface area (Å²) in [4.78, 5) is 12.4. The maximum atomic E-state index is 12.4. The molecule has 1 amide bonds. The smallest absolute Gasteiger partial charge is 0.220 e. The van der Waals surface area contributed by atoms with Crippen LogP contribution in [0.25, 0.3) is 0 Å². The second kappa shape index (κ2) is 43.5. The Hall–Kier alpha value is -0.870. The highest BCUT2D eigenvalue weighted by Crippen LogP contribution is 2.17. The number of allylic oxidation sites excluding steroid dienone is 2. The van der Waals surface area contributed by atoms with Crippen molar-refractivity contribution in [1.29, 1.82) is 0 Å². The van der Waals surface area contributed by atoms with Gasteiger partial charge in [0.25, 0.3) is 0 Å². The number of aliphatic hydroxyl groups excluding tert-OH is 2. The third-order valence-electron chi connectivity index (χ3n) is 11.0. The quantitative estimate of drug-likeness (QED) is 0.0434. The van der Waals surface area contributed by atoms with Crippen LogP contribution in [0.5, 0.6) is 0 Å². The lowest BCUT2D eigenvalue weighted by molar-refractivity contribution is -0.123. The predicted molar refractivity (Wildman–Crippen MR) is 226 cm³/mol.